The van der Waals surface area contributed by atoms with Crippen LogP contribution in [-0.4, -0.2) is 127 Å². The van der Waals surface area contributed by atoms with Crippen LogP contribution in [0.5, 0.6) is 23.0 Å². The molecule has 0 spiro atoms. The first kappa shape index (κ1) is 33.4. The van der Waals surface area contributed by atoms with Crippen molar-refractivity contribution in [1.29, 1.82) is 0 Å². The van der Waals surface area contributed by atoms with Crippen molar-refractivity contribution in [3.63, 3.8) is 0 Å². The quantitative estimate of drug-likeness (QED) is 0.0873. The highest BCUT2D eigenvalue weighted by Gasteiger charge is 2.52. The van der Waals surface area contributed by atoms with Gasteiger partial charge in [0.25, 0.3) is 0 Å². The molecule has 0 amide bonds. The fraction of sp³-hybridized carbons (Fsp3) is 0.483. The second-order valence-electron chi connectivity index (χ2n) is 10.4. The largest absolute Gasteiger partial charge is 0.504 e. The predicted octanol–water partition coefficient (Wildman–Crippen LogP) is -1.02. The number of hydrogen-bond acceptors (Lipinski definition) is 15. The Morgan fingerprint density at radius 3 is 2.16 bits per heavy atom. The average molecular weight is 625 g/mol. The van der Waals surface area contributed by atoms with Gasteiger partial charge in [-0.3, -0.25) is 0 Å². The zero-order valence-electron chi connectivity index (χ0n) is 23.5. The van der Waals surface area contributed by atoms with Crippen LogP contribution in [0, 0.1) is 0 Å². The summed E-state index contributed by atoms with van der Waals surface area (Å²) in [4.78, 5) is 12.8. The summed E-state index contributed by atoms with van der Waals surface area (Å²) < 4.78 is 28.2. The normalized spacial score (nSPS) is 32.5. The van der Waals surface area contributed by atoms with Gasteiger partial charge in [-0.15, -0.1) is 0 Å². The second kappa shape index (κ2) is 14.5. The molecule has 2 aromatic rings. The van der Waals surface area contributed by atoms with Gasteiger partial charge in [-0.05, 0) is 54.8 Å². The molecule has 2 saturated heterocycles. The van der Waals surface area contributed by atoms with Crippen molar-refractivity contribution in [2.75, 3.05) is 13.2 Å². The highest BCUT2D eigenvalue weighted by atomic mass is 16.7. The number of aromatic hydroxyl groups is 4. The van der Waals surface area contributed by atoms with E-state index in [1.807, 2.05) is 0 Å². The van der Waals surface area contributed by atoms with E-state index < -0.39 is 79.7 Å². The number of rotatable bonds is 10. The Hall–Kier alpha value is -3.51. The fourth-order valence-corrected chi connectivity index (χ4v) is 4.76. The van der Waals surface area contributed by atoms with Crippen LogP contribution in [0.3, 0.4) is 0 Å². The Morgan fingerprint density at radius 2 is 1.50 bits per heavy atom. The molecule has 2 aliphatic heterocycles. The molecule has 2 heterocycles. The molecule has 9 N–H and O–H groups in total. The highest BCUT2D eigenvalue weighted by molar-refractivity contribution is 5.87. The Bertz CT molecular complexity index is 1300. The lowest BCUT2D eigenvalue weighted by molar-refractivity contribution is -0.357. The lowest BCUT2D eigenvalue weighted by Gasteiger charge is -2.46. The summed E-state index contributed by atoms with van der Waals surface area (Å²) in [6.07, 6.45) is -12.6. The first-order valence-electron chi connectivity index (χ1n) is 13.7. The summed E-state index contributed by atoms with van der Waals surface area (Å²) in [5, 5.41) is 90.5. The van der Waals surface area contributed by atoms with Crippen LogP contribution >= 0.6 is 0 Å². The number of phenolic OH excluding ortho intramolecular Hbond substituents is 4. The van der Waals surface area contributed by atoms with Gasteiger partial charge in [-0.1, -0.05) is 12.1 Å². The van der Waals surface area contributed by atoms with Gasteiger partial charge in [-0.2, -0.15) is 0 Å². The number of phenols is 4. The minimum atomic E-state index is -1.77. The van der Waals surface area contributed by atoms with Gasteiger partial charge in [0.2, 0.25) is 0 Å². The van der Waals surface area contributed by atoms with E-state index >= 15 is 0 Å². The summed E-state index contributed by atoms with van der Waals surface area (Å²) >= 11 is 0. The SMILES string of the molecule is C[C@H]1O[C@@H](O[C@@H]2[C@@H](O)[C@H](OCCc3ccc(O)c(O)c3)O[C@H](CO)[C@H]2OC(=O)/C=C/c2ccc(O)c(O)c2)[C@H](O)[C@H](O)[C@@H]1O. The minimum absolute atomic E-state index is 0.0754. The third kappa shape index (κ3) is 7.76. The molecule has 10 atom stereocenters. The lowest BCUT2D eigenvalue weighted by Crippen LogP contribution is -2.65. The van der Waals surface area contributed by atoms with Gasteiger partial charge >= 0.3 is 5.97 Å². The van der Waals surface area contributed by atoms with Crippen molar-refractivity contribution < 1.29 is 74.4 Å². The molecule has 2 aliphatic rings. The van der Waals surface area contributed by atoms with E-state index in [2.05, 4.69) is 0 Å². The number of esters is 1. The molecule has 242 valence electrons. The smallest absolute Gasteiger partial charge is 0.331 e. The maximum atomic E-state index is 12.8. The first-order chi connectivity index (χ1) is 20.9. The fourth-order valence-electron chi connectivity index (χ4n) is 4.76. The molecule has 15 nitrogen and oxygen atoms in total. The molecule has 0 saturated carbocycles. The maximum Gasteiger partial charge on any atom is 0.331 e. The predicted molar refractivity (Wildman–Crippen MR) is 147 cm³/mol. The van der Waals surface area contributed by atoms with E-state index in [1.165, 1.54) is 43.3 Å². The van der Waals surface area contributed by atoms with Crippen molar-refractivity contribution in [3.8, 4) is 23.0 Å². The molecular formula is C29H36O15. The van der Waals surface area contributed by atoms with E-state index in [9.17, 15) is 50.8 Å². The maximum absolute atomic E-state index is 12.8. The third-order valence-electron chi connectivity index (χ3n) is 7.27. The summed E-state index contributed by atoms with van der Waals surface area (Å²) in [5.41, 5.74) is 0.914. The molecule has 15 heteroatoms. The minimum Gasteiger partial charge on any atom is -0.504 e. The van der Waals surface area contributed by atoms with Gasteiger partial charge < -0.3 is 69.6 Å². The van der Waals surface area contributed by atoms with Crippen molar-refractivity contribution >= 4 is 12.0 Å². The Labute approximate surface area is 251 Å². The van der Waals surface area contributed by atoms with E-state index in [0.717, 1.165) is 6.08 Å². The summed E-state index contributed by atoms with van der Waals surface area (Å²) in [6.45, 7) is 0.606. The Morgan fingerprint density at radius 1 is 0.818 bits per heavy atom. The van der Waals surface area contributed by atoms with Crippen LogP contribution < -0.4 is 0 Å². The molecule has 44 heavy (non-hydrogen) atoms. The van der Waals surface area contributed by atoms with Crippen molar-refractivity contribution in [3.05, 3.63) is 53.6 Å². The highest BCUT2D eigenvalue weighted by Crippen LogP contribution is 2.32. The van der Waals surface area contributed by atoms with Gasteiger partial charge in [0.15, 0.2) is 41.7 Å². The molecule has 0 aromatic heterocycles. The van der Waals surface area contributed by atoms with E-state index in [0.29, 0.717) is 11.1 Å². The molecule has 0 bridgehead atoms. The number of aliphatic hydroxyl groups excluding tert-OH is 5. The van der Waals surface area contributed by atoms with Crippen LogP contribution in [0.4, 0.5) is 0 Å². The molecule has 0 radical (unpaired) electrons. The van der Waals surface area contributed by atoms with E-state index in [-0.39, 0.29) is 30.3 Å². The molecule has 4 rings (SSSR count). The van der Waals surface area contributed by atoms with Gasteiger partial charge in [0, 0.05) is 6.08 Å². The van der Waals surface area contributed by atoms with E-state index in [4.69, 9.17) is 23.7 Å². The average Bonchev–Trinajstić information content (AvgIpc) is 2.99. The van der Waals surface area contributed by atoms with Crippen molar-refractivity contribution in [1.82, 2.24) is 0 Å². The second-order valence-corrected chi connectivity index (χ2v) is 10.4. The van der Waals surface area contributed by atoms with Gasteiger partial charge in [0.1, 0.15) is 36.6 Å². The zero-order chi connectivity index (χ0) is 32.1. The molecular weight excluding hydrogens is 588 g/mol. The zero-order valence-corrected chi connectivity index (χ0v) is 23.5. The standard InChI is InChI=1S/C29H36O15/c1-13-22(36)23(37)24(38)29(41-13)44-27-25(39)28(40-9-8-15-3-6-17(32)19(34)11-15)42-20(12-30)26(27)43-21(35)7-4-14-2-5-16(31)18(33)10-14/h2-7,10-11,13,20,22-34,36-39H,8-9,12H2,1H3/b7-4+/t13-,20-,22-,23-,24-,25-,26-,27-,28-,29+/m1/s1. The Balaban J connectivity index is 1.52. The molecule has 2 aromatic carbocycles. The first-order valence-corrected chi connectivity index (χ1v) is 13.7. The summed E-state index contributed by atoms with van der Waals surface area (Å²) in [7, 11) is 0. The van der Waals surface area contributed by atoms with Crippen LogP contribution in [0.15, 0.2) is 42.5 Å². The number of ether oxygens (including phenoxy) is 5. The Kier molecular flexibility index (Phi) is 11.0. The lowest BCUT2D eigenvalue weighted by atomic mass is 9.97. The van der Waals surface area contributed by atoms with Crippen LogP contribution in [-0.2, 0) is 34.9 Å². The molecule has 2 fully saturated rings. The van der Waals surface area contributed by atoms with Crippen LogP contribution in [0.2, 0.25) is 0 Å². The number of carbonyl (C=O) groups is 1. The number of aliphatic hydroxyl groups is 5. The number of benzene rings is 2. The topological polar surface area (TPSA) is 245 Å². The summed E-state index contributed by atoms with van der Waals surface area (Å²) in [6, 6.07) is 7.98. The van der Waals surface area contributed by atoms with Gasteiger partial charge in [-0.25, -0.2) is 4.79 Å². The van der Waals surface area contributed by atoms with E-state index in [1.54, 1.807) is 6.07 Å². The number of carbonyl (C=O) groups excluding carboxylic acids is 1. The number of hydrogen-bond donors (Lipinski definition) is 9. The van der Waals surface area contributed by atoms with Crippen molar-refractivity contribution in [2.24, 2.45) is 0 Å². The van der Waals surface area contributed by atoms with Crippen LogP contribution in [0.1, 0.15) is 18.1 Å². The van der Waals surface area contributed by atoms with Crippen LogP contribution in [0.25, 0.3) is 6.08 Å². The molecule has 0 aliphatic carbocycles. The summed E-state index contributed by atoms with van der Waals surface area (Å²) in [5.74, 6) is -2.40. The monoisotopic (exact) mass is 624 g/mol. The third-order valence-corrected chi connectivity index (χ3v) is 7.27. The van der Waals surface area contributed by atoms with Gasteiger partial charge in [0.05, 0.1) is 19.3 Å². The molecule has 0 unspecified atom stereocenters. The van der Waals surface area contributed by atoms with Crippen molar-refractivity contribution in [2.45, 2.75) is 74.8 Å².